The smallest absolute Gasteiger partial charge is 0.268 e. The van der Waals surface area contributed by atoms with Crippen LogP contribution in [0.5, 0.6) is 0 Å². The highest BCUT2D eigenvalue weighted by molar-refractivity contribution is 9.10. The second kappa shape index (κ2) is 6.62. The van der Waals surface area contributed by atoms with E-state index in [1.807, 2.05) is 17.5 Å². The number of fused-ring (bicyclic) bond motifs is 1. The van der Waals surface area contributed by atoms with Gasteiger partial charge in [0.05, 0.1) is 10.6 Å². The van der Waals surface area contributed by atoms with Crippen LogP contribution in [0.2, 0.25) is 0 Å². The lowest BCUT2D eigenvalue weighted by Crippen LogP contribution is -2.35. The van der Waals surface area contributed by atoms with Crippen molar-refractivity contribution in [1.82, 2.24) is 0 Å². The molecule has 0 saturated carbocycles. The maximum atomic E-state index is 12.7. The van der Waals surface area contributed by atoms with E-state index in [1.54, 1.807) is 23.1 Å². The first-order valence-electron chi connectivity index (χ1n) is 7.05. The molecule has 1 N–H and O–H groups in total. The van der Waals surface area contributed by atoms with Gasteiger partial charge >= 0.3 is 0 Å². The van der Waals surface area contributed by atoms with Gasteiger partial charge in [-0.25, -0.2) is 8.42 Å². The zero-order valence-corrected chi connectivity index (χ0v) is 15.4. The molecule has 8 heteroatoms. The minimum absolute atomic E-state index is 0.0403. The van der Waals surface area contributed by atoms with Gasteiger partial charge in [-0.2, -0.15) is 0 Å². The number of carbonyl (C=O) groups is 1. The first kappa shape index (κ1) is 16.5. The van der Waals surface area contributed by atoms with Gasteiger partial charge in [0.15, 0.2) is 0 Å². The van der Waals surface area contributed by atoms with Crippen LogP contribution < -0.4 is 9.62 Å². The first-order valence-corrected chi connectivity index (χ1v) is 10.7. The van der Waals surface area contributed by atoms with E-state index >= 15 is 0 Å². The molecule has 0 radical (unpaired) electrons. The van der Waals surface area contributed by atoms with Gasteiger partial charge in [-0.1, -0.05) is 28.1 Å². The van der Waals surface area contributed by atoms with E-state index in [9.17, 15) is 13.2 Å². The number of aryl methyl sites for hydroxylation is 1. The van der Waals surface area contributed by atoms with Crippen LogP contribution >= 0.6 is 27.3 Å². The summed E-state index contributed by atoms with van der Waals surface area (Å²) in [5, 5.41) is 1.87. The number of hydrogen-bond donors (Lipinski definition) is 1. The van der Waals surface area contributed by atoms with E-state index in [4.69, 9.17) is 0 Å². The zero-order chi connectivity index (χ0) is 16.4. The Hall–Kier alpha value is -1.38. The van der Waals surface area contributed by atoms with Gasteiger partial charge in [-0.15, -0.1) is 11.3 Å². The fourth-order valence-corrected chi connectivity index (χ4v) is 4.15. The number of alkyl halides is 1. The predicted octanol–water partition coefficient (Wildman–Crippen LogP) is 3.44. The number of carbonyl (C=O) groups excluding carboxylic acids is 1. The Morgan fingerprint density at radius 1 is 1.35 bits per heavy atom. The SMILES string of the molecule is O=C(c1cccs1)N1CCCc2ccc(NS(=O)(=O)CBr)cc21. The number of amides is 1. The largest absolute Gasteiger partial charge is 0.307 e. The summed E-state index contributed by atoms with van der Waals surface area (Å²) in [6.07, 6.45) is 1.78. The van der Waals surface area contributed by atoms with Crippen molar-refractivity contribution in [1.29, 1.82) is 0 Å². The molecule has 0 bridgehead atoms. The van der Waals surface area contributed by atoms with E-state index in [2.05, 4.69) is 20.7 Å². The van der Waals surface area contributed by atoms with Gasteiger partial charge < -0.3 is 4.90 Å². The van der Waals surface area contributed by atoms with Crippen molar-refractivity contribution in [2.75, 3.05) is 20.8 Å². The number of sulfonamides is 1. The van der Waals surface area contributed by atoms with Crippen molar-refractivity contribution in [3.63, 3.8) is 0 Å². The maximum Gasteiger partial charge on any atom is 0.268 e. The number of nitrogens with one attached hydrogen (secondary N) is 1. The summed E-state index contributed by atoms with van der Waals surface area (Å²) in [7, 11) is -3.41. The van der Waals surface area contributed by atoms with Crippen LogP contribution in [-0.2, 0) is 16.4 Å². The number of benzene rings is 1. The van der Waals surface area contributed by atoms with Crippen LogP contribution in [0, 0.1) is 0 Å². The van der Waals surface area contributed by atoms with Gasteiger partial charge in [0.2, 0.25) is 10.0 Å². The molecular weight excluding hydrogens is 400 g/mol. The molecule has 0 unspecified atom stereocenters. The second-order valence-corrected chi connectivity index (χ2v) is 9.18. The molecule has 1 aromatic carbocycles. The van der Waals surface area contributed by atoms with Gasteiger partial charge in [0.1, 0.15) is 4.66 Å². The van der Waals surface area contributed by atoms with Gasteiger partial charge in [0.25, 0.3) is 5.91 Å². The Bertz CT molecular complexity index is 819. The summed E-state index contributed by atoms with van der Waals surface area (Å²) in [6.45, 7) is 0.637. The Morgan fingerprint density at radius 3 is 2.87 bits per heavy atom. The molecule has 1 amide bonds. The van der Waals surface area contributed by atoms with Crippen molar-refractivity contribution >= 4 is 54.6 Å². The van der Waals surface area contributed by atoms with Crippen LogP contribution in [0.4, 0.5) is 11.4 Å². The van der Waals surface area contributed by atoms with Crippen LogP contribution in [-0.4, -0.2) is 25.5 Å². The van der Waals surface area contributed by atoms with Crippen LogP contribution in [0.3, 0.4) is 0 Å². The van der Waals surface area contributed by atoms with Gasteiger partial charge in [0, 0.05) is 12.2 Å². The Balaban J connectivity index is 1.95. The second-order valence-electron chi connectivity index (χ2n) is 5.21. The average molecular weight is 415 g/mol. The van der Waals surface area contributed by atoms with Crippen molar-refractivity contribution in [3.8, 4) is 0 Å². The van der Waals surface area contributed by atoms with Crippen LogP contribution in [0.1, 0.15) is 21.7 Å². The summed E-state index contributed by atoms with van der Waals surface area (Å²) in [5.41, 5.74) is 2.31. The number of halogens is 1. The number of anilines is 2. The molecule has 1 aliphatic heterocycles. The molecule has 0 atom stereocenters. The average Bonchev–Trinajstić information content (AvgIpc) is 3.08. The fraction of sp³-hybridized carbons (Fsp3) is 0.267. The minimum Gasteiger partial charge on any atom is -0.307 e. The van der Waals surface area contributed by atoms with Gasteiger partial charge in [-0.3, -0.25) is 9.52 Å². The third-order valence-corrected chi connectivity index (χ3v) is 7.10. The molecule has 122 valence electrons. The van der Waals surface area contributed by atoms with Crippen LogP contribution in [0.25, 0.3) is 0 Å². The summed E-state index contributed by atoms with van der Waals surface area (Å²) >= 11 is 4.36. The standard InChI is InChI=1S/C15H15BrN2O3S2/c16-10-23(20,21)17-12-6-5-11-3-1-7-18(13(11)9-12)15(19)14-4-2-8-22-14/h2,4-6,8-9,17H,1,3,7,10H2. The van der Waals surface area contributed by atoms with Crippen molar-refractivity contribution < 1.29 is 13.2 Å². The molecule has 5 nitrogen and oxygen atoms in total. The molecule has 1 aliphatic rings. The maximum absolute atomic E-state index is 12.7. The normalized spacial score (nSPS) is 14.4. The van der Waals surface area contributed by atoms with Crippen molar-refractivity contribution in [2.45, 2.75) is 12.8 Å². The summed E-state index contributed by atoms with van der Waals surface area (Å²) in [4.78, 5) is 15.1. The zero-order valence-electron chi connectivity index (χ0n) is 12.2. The van der Waals surface area contributed by atoms with E-state index in [1.165, 1.54) is 11.3 Å². The summed E-state index contributed by atoms with van der Waals surface area (Å²) < 4.78 is 25.7. The van der Waals surface area contributed by atoms with E-state index in [-0.39, 0.29) is 10.6 Å². The third-order valence-electron chi connectivity index (χ3n) is 3.60. The molecule has 0 saturated heterocycles. The highest BCUT2D eigenvalue weighted by atomic mass is 79.9. The monoisotopic (exact) mass is 414 g/mol. The molecule has 2 heterocycles. The van der Waals surface area contributed by atoms with E-state index < -0.39 is 10.0 Å². The highest BCUT2D eigenvalue weighted by Gasteiger charge is 2.24. The fourth-order valence-electron chi connectivity index (χ4n) is 2.59. The van der Waals surface area contributed by atoms with Crippen molar-refractivity contribution in [2.24, 2.45) is 0 Å². The molecule has 0 spiro atoms. The number of hydrogen-bond acceptors (Lipinski definition) is 4. The quantitative estimate of drug-likeness (QED) is 0.779. The third kappa shape index (κ3) is 3.59. The predicted molar refractivity (Wildman–Crippen MR) is 97.1 cm³/mol. The Labute approximate surface area is 147 Å². The lowest BCUT2D eigenvalue weighted by Gasteiger charge is -2.29. The number of rotatable bonds is 4. The topological polar surface area (TPSA) is 66.5 Å². The molecule has 3 rings (SSSR count). The molecular formula is C15H15BrN2O3S2. The summed E-state index contributed by atoms with van der Waals surface area (Å²) in [5.74, 6) is -0.0403. The number of nitrogens with zero attached hydrogens (tertiary/aromatic N) is 1. The molecule has 2 aromatic rings. The van der Waals surface area contributed by atoms with Crippen LogP contribution in [0.15, 0.2) is 35.7 Å². The lowest BCUT2D eigenvalue weighted by molar-refractivity contribution is 0.0989. The highest BCUT2D eigenvalue weighted by Crippen LogP contribution is 2.32. The lowest BCUT2D eigenvalue weighted by atomic mass is 10.0. The van der Waals surface area contributed by atoms with Gasteiger partial charge in [-0.05, 0) is 42.0 Å². The molecule has 0 aliphatic carbocycles. The summed E-state index contributed by atoms with van der Waals surface area (Å²) in [6, 6.07) is 9.01. The minimum atomic E-state index is -3.41. The van der Waals surface area contributed by atoms with Crippen molar-refractivity contribution in [3.05, 3.63) is 46.2 Å². The molecule has 0 fully saturated rings. The Morgan fingerprint density at radius 2 is 2.17 bits per heavy atom. The molecule has 23 heavy (non-hydrogen) atoms. The first-order chi connectivity index (χ1) is 11.0. The van der Waals surface area contributed by atoms with E-state index in [0.717, 1.165) is 24.1 Å². The Kier molecular flexibility index (Phi) is 4.74. The number of thiophene rings is 1. The molecule has 1 aromatic heterocycles. The van der Waals surface area contributed by atoms with E-state index in [0.29, 0.717) is 17.1 Å².